The summed E-state index contributed by atoms with van der Waals surface area (Å²) >= 11 is 1.42. The average molecular weight is 327 g/mol. The normalized spacial score (nSPS) is 15.3. The molecule has 1 aliphatic rings. The summed E-state index contributed by atoms with van der Waals surface area (Å²) in [5.74, 6) is -0.830. The average Bonchev–Trinajstić information content (AvgIpc) is 2.88. The number of nitrogens with zero attached hydrogens (tertiary/aromatic N) is 1. The molecular formula is C19H21NO2S. The minimum Gasteiger partial charge on any atom is -0.477 e. The van der Waals surface area contributed by atoms with E-state index in [0.717, 1.165) is 31.4 Å². The van der Waals surface area contributed by atoms with E-state index in [0.29, 0.717) is 4.88 Å². The van der Waals surface area contributed by atoms with Crippen molar-refractivity contribution < 1.29 is 9.90 Å². The van der Waals surface area contributed by atoms with Crippen molar-refractivity contribution in [3.8, 4) is 0 Å². The summed E-state index contributed by atoms with van der Waals surface area (Å²) in [6, 6.07) is 10.3. The molecule has 0 amide bonds. The Balaban J connectivity index is 2.08. The number of rotatable bonds is 4. The van der Waals surface area contributed by atoms with Gasteiger partial charge in [-0.1, -0.05) is 30.3 Å². The highest BCUT2D eigenvalue weighted by Gasteiger charge is 2.22. The van der Waals surface area contributed by atoms with Crippen molar-refractivity contribution in [3.05, 3.63) is 62.9 Å². The van der Waals surface area contributed by atoms with Crippen LogP contribution in [0.5, 0.6) is 0 Å². The van der Waals surface area contributed by atoms with E-state index < -0.39 is 5.97 Å². The maximum absolute atomic E-state index is 11.3. The number of carboxylic acids is 1. The minimum absolute atomic E-state index is 0.438. The largest absolute Gasteiger partial charge is 0.477 e. The van der Waals surface area contributed by atoms with E-state index in [1.807, 2.05) is 6.07 Å². The fourth-order valence-electron chi connectivity index (χ4n) is 3.03. The lowest BCUT2D eigenvalue weighted by Gasteiger charge is -2.11. The fourth-order valence-corrected chi connectivity index (χ4v) is 4.04. The lowest BCUT2D eigenvalue weighted by atomic mass is 9.95. The summed E-state index contributed by atoms with van der Waals surface area (Å²) in [4.78, 5) is 15.1. The van der Waals surface area contributed by atoms with E-state index in [4.69, 9.17) is 0 Å². The van der Waals surface area contributed by atoms with Crippen LogP contribution in [0.1, 0.15) is 37.7 Å². The van der Waals surface area contributed by atoms with Crippen LogP contribution in [0.15, 0.2) is 36.4 Å². The zero-order chi connectivity index (χ0) is 16.4. The summed E-state index contributed by atoms with van der Waals surface area (Å²) in [6.45, 7) is 0.983. The van der Waals surface area contributed by atoms with Crippen LogP contribution in [-0.2, 0) is 12.8 Å². The number of fused-ring (bicyclic) bond motifs is 2. The summed E-state index contributed by atoms with van der Waals surface area (Å²) in [7, 11) is 4.14. The number of carbonyl (C=O) groups is 1. The second-order valence-corrected chi connectivity index (χ2v) is 7.26. The molecule has 2 aromatic rings. The molecule has 0 spiro atoms. The number of hydrogen-bond donors (Lipinski definition) is 1. The molecule has 4 heteroatoms. The molecule has 1 aliphatic carbocycles. The first-order chi connectivity index (χ1) is 11.1. The third-order valence-electron chi connectivity index (χ3n) is 4.16. The van der Waals surface area contributed by atoms with E-state index in [2.05, 4.69) is 49.3 Å². The monoisotopic (exact) mass is 327 g/mol. The third kappa shape index (κ3) is 3.38. The van der Waals surface area contributed by atoms with Gasteiger partial charge >= 0.3 is 5.97 Å². The number of hydrogen-bond acceptors (Lipinski definition) is 3. The van der Waals surface area contributed by atoms with Gasteiger partial charge in [0.25, 0.3) is 0 Å². The molecule has 3 rings (SSSR count). The summed E-state index contributed by atoms with van der Waals surface area (Å²) in [5, 5.41) is 9.32. The highest BCUT2D eigenvalue weighted by molar-refractivity contribution is 7.14. The van der Waals surface area contributed by atoms with E-state index in [1.54, 1.807) is 0 Å². The van der Waals surface area contributed by atoms with Gasteiger partial charge in [-0.3, -0.25) is 0 Å². The van der Waals surface area contributed by atoms with Crippen LogP contribution in [0.2, 0.25) is 0 Å². The Kier molecular flexibility index (Phi) is 4.64. The standard InChI is InChI=1S/C19H21NO2S/c1-20(2)11-5-8-15-14-7-4-3-6-13(14)9-10-17-16(15)12-18(23-17)19(21)22/h3-4,6-8,12H,5,9-11H2,1-2H3,(H,21,22). The smallest absolute Gasteiger partial charge is 0.345 e. The van der Waals surface area contributed by atoms with Gasteiger partial charge in [-0.2, -0.15) is 0 Å². The predicted octanol–water partition coefficient (Wildman–Crippen LogP) is 3.93. The number of aryl methyl sites for hydroxylation is 2. The third-order valence-corrected chi connectivity index (χ3v) is 5.35. The molecular weight excluding hydrogens is 306 g/mol. The highest BCUT2D eigenvalue weighted by Crippen LogP contribution is 2.38. The van der Waals surface area contributed by atoms with Crippen molar-refractivity contribution >= 4 is 22.9 Å². The predicted molar refractivity (Wildman–Crippen MR) is 95.4 cm³/mol. The molecule has 1 N–H and O–H groups in total. The molecule has 120 valence electrons. The Morgan fingerprint density at radius 2 is 2.04 bits per heavy atom. The van der Waals surface area contributed by atoms with Gasteiger partial charge in [-0.25, -0.2) is 4.79 Å². The van der Waals surface area contributed by atoms with Crippen molar-refractivity contribution in [2.45, 2.75) is 19.3 Å². The fraction of sp³-hybridized carbons (Fsp3) is 0.316. The summed E-state index contributed by atoms with van der Waals surface area (Å²) in [5.41, 5.74) is 4.90. The molecule has 1 aromatic heterocycles. The Morgan fingerprint density at radius 1 is 1.26 bits per heavy atom. The molecule has 0 fully saturated rings. The van der Waals surface area contributed by atoms with Crippen molar-refractivity contribution in [1.82, 2.24) is 4.90 Å². The van der Waals surface area contributed by atoms with Gasteiger partial charge in [0.15, 0.2) is 0 Å². The van der Waals surface area contributed by atoms with E-state index in [1.165, 1.54) is 32.9 Å². The Labute approximate surface area is 140 Å². The Bertz CT molecular complexity index is 758. The molecule has 0 radical (unpaired) electrons. The first-order valence-corrected chi connectivity index (χ1v) is 8.67. The molecule has 0 atom stereocenters. The van der Waals surface area contributed by atoms with Crippen molar-refractivity contribution in [3.63, 3.8) is 0 Å². The van der Waals surface area contributed by atoms with Crippen LogP contribution in [0, 0.1) is 0 Å². The quantitative estimate of drug-likeness (QED) is 0.925. The molecule has 0 saturated heterocycles. The Hall–Kier alpha value is -1.91. The van der Waals surface area contributed by atoms with Crippen LogP contribution in [-0.4, -0.2) is 36.6 Å². The van der Waals surface area contributed by atoms with Crippen LogP contribution in [0.4, 0.5) is 0 Å². The number of aromatic carboxylic acids is 1. The SMILES string of the molecule is CN(C)CCC=C1c2ccccc2CCc2sc(C(=O)O)cc21. The van der Waals surface area contributed by atoms with E-state index in [-0.39, 0.29) is 0 Å². The lowest BCUT2D eigenvalue weighted by molar-refractivity contribution is 0.0702. The number of thiophene rings is 1. The molecule has 3 nitrogen and oxygen atoms in total. The summed E-state index contributed by atoms with van der Waals surface area (Å²) in [6.07, 6.45) is 5.10. The first-order valence-electron chi connectivity index (χ1n) is 7.86. The second-order valence-electron chi connectivity index (χ2n) is 6.12. The Morgan fingerprint density at radius 3 is 2.78 bits per heavy atom. The second kappa shape index (κ2) is 6.69. The van der Waals surface area contributed by atoms with E-state index in [9.17, 15) is 9.90 Å². The summed E-state index contributed by atoms with van der Waals surface area (Å²) < 4.78 is 0. The van der Waals surface area contributed by atoms with E-state index >= 15 is 0 Å². The molecule has 0 unspecified atom stereocenters. The van der Waals surface area contributed by atoms with Crippen LogP contribution in [0.25, 0.3) is 5.57 Å². The van der Waals surface area contributed by atoms with Crippen LogP contribution >= 0.6 is 11.3 Å². The maximum Gasteiger partial charge on any atom is 0.345 e. The maximum atomic E-state index is 11.3. The van der Waals surface area contributed by atoms with Gasteiger partial charge in [0.05, 0.1) is 0 Å². The minimum atomic E-state index is -0.830. The lowest BCUT2D eigenvalue weighted by Crippen LogP contribution is -2.12. The van der Waals surface area contributed by atoms with Crippen LogP contribution < -0.4 is 0 Å². The molecule has 0 saturated carbocycles. The van der Waals surface area contributed by atoms with Gasteiger partial charge in [-0.15, -0.1) is 11.3 Å². The number of benzene rings is 1. The first kappa shape index (κ1) is 16.0. The zero-order valence-corrected chi connectivity index (χ0v) is 14.3. The highest BCUT2D eigenvalue weighted by atomic mass is 32.1. The van der Waals surface area contributed by atoms with Gasteiger partial charge < -0.3 is 10.0 Å². The molecule has 23 heavy (non-hydrogen) atoms. The van der Waals surface area contributed by atoms with Gasteiger partial charge in [-0.05, 0) is 61.7 Å². The van der Waals surface area contributed by atoms with Crippen molar-refractivity contribution in [2.75, 3.05) is 20.6 Å². The zero-order valence-electron chi connectivity index (χ0n) is 13.5. The van der Waals surface area contributed by atoms with Gasteiger partial charge in [0.1, 0.15) is 4.88 Å². The van der Waals surface area contributed by atoms with Gasteiger partial charge in [0.2, 0.25) is 0 Å². The van der Waals surface area contributed by atoms with Crippen molar-refractivity contribution in [1.29, 1.82) is 0 Å². The number of carboxylic acid groups (broad SMARTS) is 1. The molecule has 1 heterocycles. The van der Waals surface area contributed by atoms with Crippen LogP contribution in [0.3, 0.4) is 0 Å². The van der Waals surface area contributed by atoms with Crippen molar-refractivity contribution in [2.24, 2.45) is 0 Å². The molecule has 0 aliphatic heterocycles. The molecule has 0 bridgehead atoms. The molecule has 1 aromatic carbocycles. The van der Waals surface area contributed by atoms with Gasteiger partial charge in [0, 0.05) is 11.4 Å². The topological polar surface area (TPSA) is 40.5 Å².